The van der Waals surface area contributed by atoms with Gasteiger partial charge in [-0.15, -0.1) is 0 Å². The Hall–Kier alpha value is -3.93. The first kappa shape index (κ1) is 20.3. The number of nitrogens with zero attached hydrogens (tertiary/aromatic N) is 3. The van der Waals surface area contributed by atoms with Crippen molar-refractivity contribution in [1.29, 1.82) is 0 Å². The zero-order valence-electron chi connectivity index (χ0n) is 17.5. The van der Waals surface area contributed by atoms with Crippen LogP contribution in [-0.2, 0) is 13.2 Å². The summed E-state index contributed by atoms with van der Waals surface area (Å²) in [5.41, 5.74) is 3.60. The number of amides is 1. The molecule has 0 saturated carbocycles. The smallest absolute Gasteiger partial charge is 0.254 e. The van der Waals surface area contributed by atoms with Gasteiger partial charge in [-0.25, -0.2) is 0 Å². The van der Waals surface area contributed by atoms with E-state index < -0.39 is 0 Å². The second-order valence-electron chi connectivity index (χ2n) is 7.34. The van der Waals surface area contributed by atoms with Crippen molar-refractivity contribution < 1.29 is 14.1 Å². The highest BCUT2D eigenvalue weighted by atomic mass is 16.5. The molecule has 31 heavy (non-hydrogen) atoms. The van der Waals surface area contributed by atoms with Gasteiger partial charge < -0.3 is 14.2 Å². The topological polar surface area (TPSA) is 68.5 Å². The van der Waals surface area contributed by atoms with Gasteiger partial charge in [0.25, 0.3) is 5.91 Å². The molecular weight excluding hydrogens is 390 g/mol. The Balaban J connectivity index is 1.40. The average Bonchev–Trinajstić information content (AvgIpc) is 3.26. The fraction of sp³-hybridized carbons (Fsp3) is 0.160. The molecule has 0 unspecified atom stereocenters. The molecule has 4 rings (SSSR count). The molecule has 0 bridgehead atoms. The molecule has 0 N–H and O–H groups in total. The highest BCUT2D eigenvalue weighted by Crippen LogP contribution is 2.19. The normalized spacial score (nSPS) is 10.6. The maximum atomic E-state index is 12.9. The van der Waals surface area contributed by atoms with Gasteiger partial charge >= 0.3 is 0 Å². The predicted molar refractivity (Wildman–Crippen MR) is 117 cm³/mol. The summed E-state index contributed by atoms with van der Waals surface area (Å²) in [6.07, 6.45) is 0. The van der Waals surface area contributed by atoms with Gasteiger partial charge in [0.05, 0.1) is 6.54 Å². The van der Waals surface area contributed by atoms with E-state index in [0.29, 0.717) is 29.6 Å². The van der Waals surface area contributed by atoms with Crippen LogP contribution >= 0.6 is 0 Å². The summed E-state index contributed by atoms with van der Waals surface area (Å²) in [5.74, 6) is 1.38. The molecule has 6 heteroatoms. The SMILES string of the molecule is Cc1cccc(-c2noc(CN(C)C(=O)c3cccc(OCc4ccccc4)c3)n2)c1. The van der Waals surface area contributed by atoms with Crippen LogP contribution in [0.3, 0.4) is 0 Å². The first-order chi connectivity index (χ1) is 15.1. The number of ether oxygens (including phenoxy) is 1. The van der Waals surface area contributed by atoms with Crippen molar-refractivity contribution in [2.24, 2.45) is 0 Å². The number of benzene rings is 3. The summed E-state index contributed by atoms with van der Waals surface area (Å²) >= 11 is 0. The van der Waals surface area contributed by atoms with Gasteiger partial charge in [0.1, 0.15) is 12.4 Å². The van der Waals surface area contributed by atoms with Gasteiger partial charge in [0.15, 0.2) is 0 Å². The van der Waals surface area contributed by atoms with E-state index in [1.165, 1.54) is 0 Å². The molecule has 0 fully saturated rings. The van der Waals surface area contributed by atoms with Crippen LogP contribution in [0.1, 0.15) is 27.4 Å². The Kier molecular flexibility index (Phi) is 6.08. The van der Waals surface area contributed by atoms with E-state index in [-0.39, 0.29) is 12.5 Å². The highest BCUT2D eigenvalue weighted by molar-refractivity contribution is 5.94. The van der Waals surface area contributed by atoms with E-state index in [9.17, 15) is 4.79 Å². The minimum absolute atomic E-state index is 0.152. The minimum Gasteiger partial charge on any atom is -0.489 e. The largest absolute Gasteiger partial charge is 0.489 e. The Morgan fingerprint density at radius 1 is 1.00 bits per heavy atom. The van der Waals surface area contributed by atoms with Crippen LogP contribution in [0.25, 0.3) is 11.4 Å². The minimum atomic E-state index is -0.152. The van der Waals surface area contributed by atoms with Crippen LogP contribution in [0.2, 0.25) is 0 Å². The van der Waals surface area contributed by atoms with E-state index >= 15 is 0 Å². The summed E-state index contributed by atoms with van der Waals surface area (Å²) in [6, 6.07) is 24.9. The summed E-state index contributed by atoms with van der Waals surface area (Å²) in [4.78, 5) is 18.8. The average molecular weight is 413 g/mol. The molecule has 0 atom stereocenters. The molecule has 0 spiro atoms. The van der Waals surface area contributed by atoms with Gasteiger partial charge in [0, 0.05) is 18.2 Å². The van der Waals surface area contributed by atoms with Crippen molar-refractivity contribution in [2.75, 3.05) is 7.05 Å². The van der Waals surface area contributed by atoms with Crippen LogP contribution in [0.5, 0.6) is 5.75 Å². The number of hydrogen-bond acceptors (Lipinski definition) is 5. The standard InChI is InChI=1S/C25H23N3O3/c1-18-8-6-11-20(14-18)24-26-23(31-27-24)16-28(2)25(29)21-12-7-13-22(15-21)30-17-19-9-4-3-5-10-19/h3-15H,16-17H2,1-2H3. The van der Waals surface area contributed by atoms with Crippen molar-refractivity contribution in [2.45, 2.75) is 20.1 Å². The molecule has 1 heterocycles. The zero-order valence-corrected chi connectivity index (χ0v) is 17.5. The Morgan fingerprint density at radius 2 is 1.81 bits per heavy atom. The van der Waals surface area contributed by atoms with Crippen molar-refractivity contribution >= 4 is 5.91 Å². The van der Waals surface area contributed by atoms with Crippen LogP contribution in [-0.4, -0.2) is 28.0 Å². The maximum Gasteiger partial charge on any atom is 0.254 e. The molecule has 4 aromatic rings. The van der Waals surface area contributed by atoms with Gasteiger partial charge in [-0.2, -0.15) is 4.98 Å². The van der Waals surface area contributed by atoms with Crippen molar-refractivity contribution in [3.05, 3.63) is 101 Å². The number of carbonyl (C=O) groups is 1. The third kappa shape index (κ3) is 5.17. The number of aromatic nitrogens is 2. The lowest BCUT2D eigenvalue weighted by Crippen LogP contribution is -2.26. The van der Waals surface area contributed by atoms with Crippen molar-refractivity contribution in [3.8, 4) is 17.1 Å². The number of carbonyl (C=O) groups excluding carboxylic acids is 1. The van der Waals surface area contributed by atoms with Gasteiger partial charge in [0.2, 0.25) is 11.7 Å². The number of hydrogen-bond donors (Lipinski definition) is 0. The Morgan fingerprint density at radius 3 is 2.61 bits per heavy atom. The molecule has 1 aromatic heterocycles. The van der Waals surface area contributed by atoms with E-state index in [2.05, 4.69) is 10.1 Å². The second kappa shape index (κ2) is 9.26. The lowest BCUT2D eigenvalue weighted by atomic mass is 10.1. The third-order valence-electron chi connectivity index (χ3n) is 4.79. The summed E-state index contributed by atoms with van der Waals surface area (Å²) in [5, 5.41) is 4.04. The quantitative estimate of drug-likeness (QED) is 0.431. The van der Waals surface area contributed by atoms with Gasteiger partial charge in [-0.1, -0.05) is 65.3 Å². The van der Waals surface area contributed by atoms with Gasteiger partial charge in [-0.3, -0.25) is 4.79 Å². The molecule has 156 valence electrons. The Labute approximate surface area is 181 Å². The van der Waals surface area contributed by atoms with E-state index in [4.69, 9.17) is 9.26 Å². The fourth-order valence-electron chi connectivity index (χ4n) is 3.18. The number of aryl methyl sites for hydroxylation is 1. The van der Waals surface area contributed by atoms with Crippen LogP contribution in [0.15, 0.2) is 83.4 Å². The monoisotopic (exact) mass is 413 g/mol. The summed E-state index contributed by atoms with van der Waals surface area (Å²) in [7, 11) is 1.70. The van der Waals surface area contributed by atoms with E-state index in [1.807, 2.05) is 73.7 Å². The van der Waals surface area contributed by atoms with Crippen LogP contribution in [0, 0.1) is 6.92 Å². The van der Waals surface area contributed by atoms with E-state index in [0.717, 1.165) is 16.7 Å². The van der Waals surface area contributed by atoms with Gasteiger partial charge in [-0.05, 0) is 36.8 Å². The molecule has 0 saturated heterocycles. The molecule has 0 aliphatic heterocycles. The van der Waals surface area contributed by atoms with Crippen molar-refractivity contribution in [3.63, 3.8) is 0 Å². The lowest BCUT2D eigenvalue weighted by molar-refractivity contribution is 0.0769. The molecular formula is C25H23N3O3. The third-order valence-corrected chi connectivity index (χ3v) is 4.79. The second-order valence-corrected chi connectivity index (χ2v) is 7.34. The molecule has 1 amide bonds. The fourth-order valence-corrected chi connectivity index (χ4v) is 3.18. The predicted octanol–water partition coefficient (Wildman–Crippen LogP) is 4.90. The van der Waals surface area contributed by atoms with E-state index in [1.54, 1.807) is 24.1 Å². The first-order valence-corrected chi connectivity index (χ1v) is 10.0. The highest BCUT2D eigenvalue weighted by Gasteiger charge is 2.17. The molecule has 0 aliphatic rings. The maximum absolute atomic E-state index is 12.9. The zero-order chi connectivity index (χ0) is 21.6. The summed E-state index contributed by atoms with van der Waals surface area (Å²) in [6.45, 7) is 2.67. The number of rotatable bonds is 7. The van der Waals surface area contributed by atoms with Crippen molar-refractivity contribution in [1.82, 2.24) is 15.0 Å². The molecule has 6 nitrogen and oxygen atoms in total. The Bertz CT molecular complexity index is 1170. The molecule has 3 aromatic carbocycles. The van der Waals surface area contributed by atoms with Crippen LogP contribution in [0.4, 0.5) is 0 Å². The first-order valence-electron chi connectivity index (χ1n) is 10.0. The van der Waals surface area contributed by atoms with Crippen LogP contribution < -0.4 is 4.74 Å². The summed E-state index contributed by atoms with van der Waals surface area (Å²) < 4.78 is 11.2. The molecule has 0 radical (unpaired) electrons. The molecule has 0 aliphatic carbocycles. The lowest BCUT2D eigenvalue weighted by Gasteiger charge is -2.15.